The third-order valence-corrected chi connectivity index (χ3v) is 11.6. The molecule has 0 bridgehead atoms. The predicted molar refractivity (Wildman–Crippen MR) is 247 cm³/mol. The molecule has 0 radical (unpaired) electrons. The van der Waals surface area contributed by atoms with Crippen molar-refractivity contribution in [2.75, 3.05) is 6.61 Å². The highest BCUT2D eigenvalue weighted by Crippen LogP contribution is 2.16. The second-order valence-corrected chi connectivity index (χ2v) is 17.1. The largest absolute Gasteiger partial charge is 0.394 e. The van der Waals surface area contributed by atoms with Gasteiger partial charge in [-0.05, 0) is 77.0 Å². The quantitative estimate of drug-likeness (QED) is 0.0311. The van der Waals surface area contributed by atoms with Crippen LogP contribution in [0.1, 0.15) is 251 Å². The standard InChI is InChI=1S/C51H97NO5/c1-3-5-7-9-11-13-15-17-19-21-22-23-24-25-26-27-29-31-33-35-37-39-41-43-45-49(55)51(57)52-47(46-53)50(56)48(54)44-42-40-38-36-34-32-30-28-20-18-16-14-12-10-8-6-4-2/h25-26,28,30,36,38,47-50,53-56H,3-24,27,29,31-35,37,39-46H2,1-2H3,(H,52,57)/b26-25-,30-28+,38-36+. The smallest absolute Gasteiger partial charge is 0.249 e. The summed E-state index contributed by atoms with van der Waals surface area (Å²) in [7, 11) is 0. The van der Waals surface area contributed by atoms with Crippen molar-refractivity contribution in [3.8, 4) is 0 Å². The van der Waals surface area contributed by atoms with Crippen molar-refractivity contribution in [1.29, 1.82) is 0 Å². The van der Waals surface area contributed by atoms with E-state index in [-0.39, 0.29) is 0 Å². The van der Waals surface area contributed by atoms with Crippen LogP contribution in [0.4, 0.5) is 0 Å². The molecule has 0 fully saturated rings. The molecule has 0 aliphatic carbocycles. The van der Waals surface area contributed by atoms with Gasteiger partial charge in [-0.15, -0.1) is 0 Å². The molecule has 0 aromatic heterocycles. The second kappa shape index (κ2) is 45.6. The van der Waals surface area contributed by atoms with Crippen LogP contribution < -0.4 is 5.32 Å². The van der Waals surface area contributed by atoms with Crippen LogP contribution in [0, 0.1) is 0 Å². The van der Waals surface area contributed by atoms with Crippen LogP contribution in [0.5, 0.6) is 0 Å². The molecular formula is C51H97NO5. The maximum atomic E-state index is 12.5. The Morgan fingerprint density at radius 3 is 1.11 bits per heavy atom. The number of aliphatic hydroxyl groups is 4. The van der Waals surface area contributed by atoms with Crippen molar-refractivity contribution < 1.29 is 25.2 Å². The zero-order valence-electron chi connectivity index (χ0n) is 37.8. The maximum absolute atomic E-state index is 12.5. The average molecular weight is 804 g/mol. The first-order valence-corrected chi connectivity index (χ1v) is 24.9. The topological polar surface area (TPSA) is 110 Å². The summed E-state index contributed by atoms with van der Waals surface area (Å²) in [5, 5.41) is 43.8. The summed E-state index contributed by atoms with van der Waals surface area (Å²) in [6.45, 7) is 4.05. The molecule has 0 saturated heterocycles. The number of carbonyl (C=O) groups is 1. The number of carbonyl (C=O) groups excluding carboxylic acids is 1. The molecule has 5 N–H and O–H groups in total. The van der Waals surface area contributed by atoms with Crippen molar-refractivity contribution >= 4 is 5.91 Å². The maximum Gasteiger partial charge on any atom is 0.249 e. The van der Waals surface area contributed by atoms with Gasteiger partial charge < -0.3 is 25.7 Å². The van der Waals surface area contributed by atoms with Crippen LogP contribution in [0.3, 0.4) is 0 Å². The number of hydrogen-bond donors (Lipinski definition) is 5. The Kier molecular flexibility index (Phi) is 44.4. The number of nitrogens with one attached hydrogen (secondary N) is 1. The summed E-state index contributed by atoms with van der Waals surface area (Å²) in [4.78, 5) is 12.5. The SMILES string of the molecule is CCCCCCCCCC/C=C/CC/C=C/CCCC(O)C(O)C(CO)NC(=O)C(O)CCCCCCCCCC/C=C\CCCCCCCCCCCCCC. The molecule has 4 atom stereocenters. The Morgan fingerprint density at radius 1 is 0.421 bits per heavy atom. The fraction of sp³-hybridized carbons (Fsp3) is 0.863. The van der Waals surface area contributed by atoms with Crippen molar-refractivity contribution in [3.63, 3.8) is 0 Å². The zero-order valence-corrected chi connectivity index (χ0v) is 37.8. The minimum absolute atomic E-state index is 0.357. The number of unbranched alkanes of at least 4 members (excludes halogenated alkanes) is 30. The van der Waals surface area contributed by atoms with Crippen LogP contribution in [0.2, 0.25) is 0 Å². The molecule has 0 saturated carbocycles. The Hall–Kier alpha value is -1.47. The zero-order chi connectivity index (χ0) is 41.7. The number of aliphatic hydroxyl groups excluding tert-OH is 4. The first-order chi connectivity index (χ1) is 28.0. The van der Waals surface area contributed by atoms with Crippen LogP contribution >= 0.6 is 0 Å². The molecule has 0 aromatic rings. The summed E-state index contributed by atoms with van der Waals surface area (Å²) < 4.78 is 0. The van der Waals surface area contributed by atoms with Gasteiger partial charge in [0.25, 0.3) is 0 Å². The van der Waals surface area contributed by atoms with Gasteiger partial charge in [0.1, 0.15) is 12.2 Å². The monoisotopic (exact) mass is 804 g/mol. The van der Waals surface area contributed by atoms with Crippen molar-refractivity contribution in [2.45, 2.75) is 276 Å². The normalized spacial score (nSPS) is 14.3. The highest BCUT2D eigenvalue weighted by atomic mass is 16.3. The third kappa shape index (κ3) is 39.7. The van der Waals surface area contributed by atoms with Gasteiger partial charge in [-0.1, -0.05) is 211 Å². The molecular weight excluding hydrogens is 707 g/mol. The Balaban J connectivity index is 3.73. The fourth-order valence-corrected chi connectivity index (χ4v) is 7.59. The van der Waals surface area contributed by atoms with E-state index in [1.54, 1.807) is 0 Å². The minimum atomic E-state index is -1.29. The highest BCUT2D eigenvalue weighted by molar-refractivity contribution is 5.80. The van der Waals surface area contributed by atoms with Crippen LogP contribution in [-0.2, 0) is 4.79 Å². The molecule has 0 heterocycles. The molecule has 1 amide bonds. The summed E-state index contributed by atoms with van der Waals surface area (Å²) >= 11 is 0. The van der Waals surface area contributed by atoms with Gasteiger partial charge in [0, 0.05) is 0 Å². The average Bonchev–Trinajstić information content (AvgIpc) is 3.22. The Bertz CT molecular complexity index is 904. The van der Waals surface area contributed by atoms with E-state index in [1.165, 1.54) is 180 Å². The van der Waals surface area contributed by atoms with E-state index in [9.17, 15) is 25.2 Å². The summed E-state index contributed by atoms with van der Waals surface area (Å²) in [5.74, 6) is -0.599. The number of rotatable bonds is 45. The van der Waals surface area contributed by atoms with Crippen LogP contribution in [0.25, 0.3) is 0 Å². The molecule has 0 aliphatic heterocycles. The van der Waals surface area contributed by atoms with Crippen molar-refractivity contribution in [1.82, 2.24) is 5.32 Å². The van der Waals surface area contributed by atoms with E-state index in [2.05, 4.69) is 55.6 Å². The van der Waals surface area contributed by atoms with Gasteiger partial charge in [0.2, 0.25) is 5.91 Å². The van der Waals surface area contributed by atoms with Gasteiger partial charge >= 0.3 is 0 Å². The van der Waals surface area contributed by atoms with Crippen molar-refractivity contribution in [3.05, 3.63) is 36.5 Å². The van der Waals surface area contributed by atoms with Crippen molar-refractivity contribution in [2.24, 2.45) is 0 Å². The molecule has 336 valence electrons. The van der Waals surface area contributed by atoms with Gasteiger partial charge in [-0.25, -0.2) is 0 Å². The number of allylic oxidation sites excluding steroid dienone is 6. The second-order valence-electron chi connectivity index (χ2n) is 17.1. The first kappa shape index (κ1) is 55.5. The molecule has 0 aliphatic rings. The molecule has 0 aromatic carbocycles. The molecule has 6 nitrogen and oxygen atoms in total. The lowest BCUT2D eigenvalue weighted by Gasteiger charge is -2.27. The Morgan fingerprint density at radius 2 is 0.737 bits per heavy atom. The predicted octanol–water partition coefficient (Wildman–Crippen LogP) is 13.7. The number of hydrogen-bond acceptors (Lipinski definition) is 5. The minimum Gasteiger partial charge on any atom is -0.394 e. The van der Waals surface area contributed by atoms with E-state index in [0.29, 0.717) is 19.3 Å². The van der Waals surface area contributed by atoms with E-state index in [0.717, 1.165) is 38.5 Å². The lowest BCUT2D eigenvalue weighted by molar-refractivity contribution is -0.132. The lowest BCUT2D eigenvalue weighted by atomic mass is 10.00. The van der Waals surface area contributed by atoms with Gasteiger partial charge in [-0.2, -0.15) is 0 Å². The molecule has 57 heavy (non-hydrogen) atoms. The highest BCUT2D eigenvalue weighted by Gasteiger charge is 2.28. The fourth-order valence-electron chi connectivity index (χ4n) is 7.59. The molecule has 0 rings (SSSR count). The number of amides is 1. The van der Waals surface area contributed by atoms with E-state index in [1.807, 2.05) is 0 Å². The molecule has 0 spiro atoms. The van der Waals surface area contributed by atoms with Gasteiger partial charge in [-0.3, -0.25) is 4.79 Å². The summed E-state index contributed by atoms with van der Waals surface area (Å²) in [6.07, 6.45) is 54.8. The van der Waals surface area contributed by atoms with E-state index >= 15 is 0 Å². The van der Waals surface area contributed by atoms with Gasteiger partial charge in [0.15, 0.2) is 0 Å². The Labute approximate surface area is 354 Å². The molecule has 4 unspecified atom stereocenters. The molecule has 6 heteroatoms. The lowest BCUT2D eigenvalue weighted by Crippen LogP contribution is -2.53. The van der Waals surface area contributed by atoms with E-state index < -0.39 is 36.9 Å². The van der Waals surface area contributed by atoms with E-state index in [4.69, 9.17) is 0 Å². The summed E-state index contributed by atoms with van der Waals surface area (Å²) in [6, 6.07) is -1.01. The van der Waals surface area contributed by atoms with Gasteiger partial charge in [0.05, 0.1) is 18.8 Å². The van der Waals surface area contributed by atoms with Crippen LogP contribution in [0.15, 0.2) is 36.5 Å². The first-order valence-electron chi connectivity index (χ1n) is 24.9. The van der Waals surface area contributed by atoms with Crippen LogP contribution in [-0.4, -0.2) is 57.3 Å². The summed E-state index contributed by atoms with van der Waals surface area (Å²) in [5.41, 5.74) is 0. The third-order valence-electron chi connectivity index (χ3n) is 11.6.